The van der Waals surface area contributed by atoms with E-state index in [1.165, 1.54) is 60.7 Å². The Bertz CT molecular complexity index is 2330. The maximum absolute atomic E-state index is 14.0. The van der Waals surface area contributed by atoms with Gasteiger partial charge in [-0.1, -0.05) is 82.8 Å². The van der Waals surface area contributed by atoms with Crippen LogP contribution >= 0.6 is 46.4 Å². The maximum atomic E-state index is 14.0. The van der Waals surface area contributed by atoms with Crippen molar-refractivity contribution >= 4 is 70.2 Å². The molecule has 4 aromatic carbocycles. The topological polar surface area (TPSA) is 149 Å². The van der Waals surface area contributed by atoms with Crippen LogP contribution in [0.2, 0.25) is 20.1 Å². The predicted molar refractivity (Wildman–Crippen MR) is 193 cm³/mol. The highest BCUT2D eigenvalue weighted by Crippen LogP contribution is 2.35. The number of aromatic nitrogens is 2. The standard InChI is InChI=1S/C37H24Cl4N2O10/c38-22-11-13-24(26(40)17-22)32(45)43-29(44)15-16-42(37(43)49)33-31(53-35(47)21-9-5-2-6-10-21)30(52-34(46)20-7-3-1-4-8-20)28(51-33)19-50-36(48)25-14-12-23(39)18-27(25)41/h1-18,28,30-31,33H,19H2/t28-,30-,31+,33-/m0/s1. The molecule has 270 valence electrons. The minimum Gasteiger partial charge on any atom is -0.459 e. The zero-order valence-electron chi connectivity index (χ0n) is 26.9. The number of rotatable bonds is 9. The van der Waals surface area contributed by atoms with Crippen molar-refractivity contribution in [2.75, 3.05) is 6.61 Å². The third-order valence-electron chi connectivity index (χ3n) is 7.97. The Balaban J connectivity index is 1.42. The molecule has 16 heteroatoms. The summed E-state index contributed by atoms with van der Waals surface area (Å²) in [5.74, 6) is -3.77. The monoisotopic (exact) mass is 796 g/mol. The minimum absolute atomic E-state index is 0.00583. The van der Waals surface area contributed by atoms with E-state index in [1.54, 1.807) is 36.4 Å². The van der Waals surface area contributed by atoms with Crippen LogP contribution in [0.15, 0.2) is 119 Å². The van der Waals surface area contributed by atoms with Gasteiger partial charge in [-0.25, -0.2) is 19.2 Å². The van der Waals surface area contributed by atoms with Gasteiger partial charge < -0.3 is 18.9 Å². The second-order valence-electron chi connectivity index (χ2n) is 11.4. The second kappa shape index (κ2) is 16.2. The Kier molecular flexibility index (Phi) is 11.5. The number of esters is 3. The van der Waals surface area contributed by atoms with Gasteiger partial charge in [0.15, 0.2) is 18.4 Å². The van der Waals surface area contributed by atoms with E-state index in [0.29, 0.717) is 4.57 Å². The number of halogens is 4. The fourth-order valence-electron chi connectivity index (χ4n) is 5.41. The van der Waals surface area contributed by atoms with E-state index in [1.807, 2.05) is 0 Å². The van der Waals surface area contributed by atoms with Crippen molar-refractivity contribution in [3.05, 3.63) is 173 Å². The summed E-state index contributed by atoms with van der Waals surface area (Å²) in [4.78, 5) is 80.7. The predicted octanol–water partition coefficient (Wildman–Crippen LogP) is 6.52. The highest BCUT2D eigenvalue weighted by molar-refractivity contribution is 6.37. The van der Waals surface area contributed by atoms with Gasteiger partial charge in [0.2, 0.25) is 0 Å². The van der Waals surface area contributed by atoms with Crippen molar-refractivity contribution < 1.29 is 38.1 Å². The van der Waals surface area contributed by atoms with E-state index in [9.17, 15) is 28.8 Å². The quantitative estimate of drug-likeness (QED) is 0.119. The molecule has 0 bridgehead atoms. The molecule has 6 rings (SSSR count). The third kappa shape index (κ3) is 8.22. The normalized spacial score (nSPS) is 17.9. The molecule has 1 saturated heterocycles. The molecule has 53 heavy (non-hydrogen) atoms. The molecule has 0 radical (unpaired) electrons. The van der Waals surface area contributed by atoms with E-state index in [0.717, 1.165) is 16.8 Å². The van der Waals surface area contributed by atoms with Gasteiger partial charge >= 0.3 is 23.6 Å². The van der Waals surface area contributed by atoms with Crippen molar-refractivity contribution in [1.29, 1.82) is 0 Å². The molecule has 1 fully saturated rings. The van der Waals surface area contributed by atoms with Crippen LogP contribution in [-0.2, 0) is 18.9 Å². The fraction of sp³-hybridized carbons (Fsp3) is 0.135. The summed E-state index contributed by atoms with van der Waals surface area (Å²) < 4.78 is 24.6. The molecule has 2 heterocycles. The number of hydrogen-bond donors (Lipinski definition) is 0. The Hall–Kier alpha value is -5.24. The molecular weight excluding hydrogens is 774 g/mol. The van der Waals surface area contributed by atoms with Crippen LogP contribution in [0.25, 0.3) is 0 Å². The number of nitrogens with zero attached hydrogens (tertiary/aromatic N) is 2. The summed E-state index contributed by atoms with van der Waals surface area (Å²) in [5, 5.41) is 0.335. The van der Waals surface area contributed by atoms with E-state index in [4.69, 9.17) is 65.4 Å². The third-order valence-corrected chi connectivity index (χ3v) is 9.07. The molecule has 5 aromatic rings. The zero-order valence-corrected chi connectivity index (χ0v) is 29.9. The van der Waals surface area contributed by atoms with Gasteiger partial charge in [0.05, 0.1) is 32.3 Å². The molecule has 0 saturated carbocycles. The Morgan fingerprint density at radius 1 is 0.642 bits per heavy atom. The second-order valence-corrected chi connectivity index (χ2v) is 13.1. The first-order valence-corrected chi connectivity index (χ1v) is 17.1. The first-order valence-electron chi connectivity index (χ1n) is 15.6. The van der Waals surface area contributed by atoms with E-state index < -0.39 is 66.2 Å². The van der Waals surface area contributed by atoms with Crippen LogP contribution < -0.4 is 11.2 Å². The number of benzene rings is 4. The first-order chi connectivity index (χ1) is 25.4. The average Bonchev–Trinajstić information content (AvgIpc) is 3.46. The van der Waals surface area contributed by atoms with Crippen LogP contribution in [0.5, 0.6) is 0 Å². The lowest BCUT2D eigenvalue weighted by atomic mass is 10.1. The van der Waals surface area contributed by atoms with Crippen molar-refractivity contribution in [1.82, 2.24) is 9.13 Å². The van der Waals surface area contributed by atoms with E-state index in [2.05, 4.69) is 0 Å². The van der Waals surface area contributed by atoms with Gasteiger partial charge in [-0.05, 0) is 60.7 Å². The van der Waals surface area contributed by atoms with Gasteiger partial charge in [-0.3, -0.25) is 14.2 Å². The Labute approximate surface area is 319 Å². The summed E-state index contributed by atoms with van der Waals surface area (Å²) >= 11 is 24.4. The maximum Gasteiger partial charge on any atom is 0.340 e. The molecule has 0 N–H and O–H groups in total. The number of ether oxygens (including phenoxy) is 4. The number of carbonyl (C=O) groups is 4. The lowest BCUT2D eigenvalue weighted by Crippen LogP contribution is -2.47. The average molecular weight is 798 g/mol. The van der Waals surface area contributed by atoms with E-state index >= 15 is 0 Å². The van der Waals surface area contributed by atoms with Crippen molar-refractivity contribution in [2.45, 2.75) is 24.5 Å². The molecule has 0 aliphatic carbocycles. The smallest absolute Gasteiger partial charge is 0.340 e. The molecule has 1 aliphatic rings. The highest BCUT2D eigenvalue weighted by atomic mass is 35.5. The van der Waals surface area contributed by atoms with Crippen molar-refractivity contribution in [2.24, 2.45) is 0 Å². The fourth-order valence-corrected chi connectivity index (χ4v) is 6.39. The zero-order chi connectivity index (χ0) is 37.8. The lowest BCUT2D eigenvalue weighted by Gasteiger charge is -2.25. The molecular formula is C37H24Cl4N2O10. The van der Waals surface area contributed by atoms with Crippen molar-refractivity contribution in [3.8, 4) is 0 Å². The summed E-state index contributed by atoms with van der Waals surface area (Å²) in [5.41, 5.74) is -2.29. The van der Waals surface area contributed by atoms with E-state index in [-0.39, 0.29) is 42.3 Å². The number of carbonyl (C=O) groups excluding carboxylic acids is 4. The lowest BCUT2D eigenvalue weighted by molar-refractivity contribution is -0.0643. The molecule has 12 nitrogen and oxygen atoms in total. The summed E-state index contributed by atoms with van der Waals surface area (Å²) in [6, 6.07) is 24.5. The van der Waals surface area contributed by atoms with Crippen LogP contribution in [0.4, 0.5) is 0 Å². The molecule has 1 aromatic heterocycles. The van der Waals surface area contributed by atoms with Crippen molar-refractivity contribution in [3.63, 3.8) is 0 Å². The molecule has 0 spiro atoms. The summed E-state index contributed by atoms with van der Waals surface area (Å²) in [7, 11) is 0. The Morgan fingerprint density at radius 3 is 1.72 bits per heavy atom. The molecule has 0 amide bonds. The Morgan fingerprint density at radius 2 is 1.17 bits per heavy atom. The van der Waals surface area contributed by atoms with Crippen LogP contribution in [0.3, 0.4) is 0 Å². The highest BCUT2D eigenvalue weighted by Gasteiger charge is 2.52. The van der Waals surface area contributed by atoms with Gasteiger partial charge in [0, 0.05) is 22.3 Å². The van der Waals surface area contributed by atoms with Gasteiger partial charge in [0.25, 0.3) is 11.5 Å². The summed E-state index contributed by atoms with van der Waals surface area (Å²) in [6.07, 6.45) is -5.21. The van der Waals surface area contributed by atoms with Gasteiger partial charge in [0.1, 0.15) is 12.7 Å². The summed E-state index contributed by atoms with van der Waals surface area (Å²) in [6.45, 7) is -0.617. The minimum atomic E-state index is -1.66. The van der Waals surface area contributed by atoms with Gasteiger partial charge in [-0.15, -0.1) is 0 Å². The first kappa shape index (κ1) is 37.5. The van der Waals surface area contributed by atoms with Crippen LogP contribution in [0.1, 0.15) is 47.7 Å². The molecule has 0 unspecified atom stereocenters. The van der Waals surface area contributed by atoms with Gasteiger partial charge in [-0.2, -0.15) is 4.57 Å². The molecule has 1 aliphatic heterocycles. The number of hydrogen-bond acceptors (Lipinski definition) is 10. The molecule has 4 atom stereocenters. The van der Waals surface area contributed by atoms with Crippen LogP contribution in [0, 0.1) is 0 Å². The largest absolute Gasteiger partial charge is 0.459 e. The van der Waals surface area contributed by atoms with Crippen LogP contribution in [-0.4, -0.2) is 57.9 Å². The SMILES string of the molecule is O=C(O[C@@H]1[C@@H](OC(=O)c2ccccc2)[C@@H](n2ccc(=O)n(C(=O)c3ccc(Cl)cc3Cl)c2=O)O[C@H]1COC(=O)c1ccc(Cl)cc1Cl)c1ccccc1.